The van der Waals surface area contributed by atoms with Crippen LogP contribution in [0.5, 0.6) is 0 Å². The molecule has 0 aromatic carbocycles. The van der Waals surface area contributed by atoms with Crippen LogP contribution in [0.2, 0.25) is 0 Å². The Kier molecular flexibility index (Phi) is 3.50. The Balaban J connectivity index is 2.25. The molecule has 2 atom stereocenters. The number of hydrogen-bond acceptors (Lipinski definition) is 2. The predicted molar refractivity (Wildman–Crippen MR) is 68.3 cm³/mol. The highest BCUT2D eigenvalue weighted by Crippen LogP contribution is 2.52. The summed E-state index contributed by atoms with van der Waals surface area (Å²) in [5.74, 6) is 1.10. The van der Waals surface area contributed by atoms with Gasteiger partial charge < -0.3 is 5.11 Å². The van der Waals surface area contributed by atoms with Gasteiger partial charge in [-0.1, -0.05) is 33.1 Å². The molecule has 1 N–H and O–H groups in total. The van der Waals surface area contributed by atoms with Crippen LogP contribution in [0.15, 0.2) is 0 Å². The molecule has 0 aromatic rings. The van der Waals surface area contributed by atoms with E-state index in [1.54, 1.807) is 0 Å². The third-order valence-electron chi connectivity index (χ3n) is 4.99. The van der Waals surface area contributed by atoms with E-state index in [1.165, 1.54) is 12.8 Å². The van der Waals surface area contributed by atoms with Crippen molar-refractivity contribution >= 4 is 0 Å². The van der Waals surface area contributed by atoms with E-state index in [9.17, 15) is 10.4 Å². The Bertz CT molecular complexity index is 301. The molecule has 2 aliphatic carbocycles. The molecule has 2 heteroatoms. The van der Waals surface area contributed by atoms with Gasteiger partial charge in [0.15, 0.2) is 0 Å². The third kappa shape index (κ3) is 2.22. The fraction of sp³-hybridized carbons (Fsp3) is 0.933. The lowest BCUT2D eigenvalue weighted by Crippen LogP contribution is -2.52. The minimum absolute atomic E-state index is 0.450. The SMILES string of the molecule is CC1CC(C)CC(O)(C2(C#N)CCCCC2)C1. The molecule has 2 saturated carbocycles. The quantitative estimate of drug-likeness (QED) is 0.754. The van der Waals surface area contributed by atoms with Crippen LogP contribution in [0.3, 0.4) is 0 Å². The van der Waals surface area contributed by atoms with Gasteiger partial charge in [-0.3, -0.25) is 0 Å². The van der Waals surface area contributed by atoms with Crippen LogP contribution < -0.4 is 0 Å². The van der Waals surface area contributed by atoms with Crippen molar-refractivity contribution in [3.63, 3.8) is 0 Å². The fourth-order valence-electron chi connectivity index (χ4n) is 4.32. The second-order valence-corrected chi connectivity index (χ2v) is 6.64. The summed E-state index contributed by atoms with van der Waals surface area (Å²) >= 11 is 0. The molecule has 0 aromatic heterocycles. The highest BCUT2D eigenvalue weighted by atomic mass is 16.3. The third-order valence-corrected chi connectivity index (χ3v) is 4.99. The minimum atomic E-state index is -0.723. The van der Waals surface area contributed by atoms with Crippen molar-refractivity contribution < 1.29 is 5.11 Å². The van der Waals surface area contributed by atoms with E-state index in [2.05, 4.69) is 19.9 Å². The molecule has 0 heterocycles. The van der Waals surface area contributed by atoms with Gasteiger partial charge in [0, 0.05) is 0 Å². The lowest BCUT2D eigenvalue weighted by atomic mass is 9.56. The van der Waals surface area contributed by atoms with Gasteiger partial charge in [0.25, 0.3) is 0 Å². The molecule has 0 aliphatic heterocycles. The zero-order chi connectivity index (χ0) is 12.5. The maximum atomic E-state index is 11.1. The van der Waals surface area contributed by atoms with Gasteiger partial charge in [-0.05, 0) is 43.9 Å². The van der Waals surface area contributed by atoms with Crippen molar-refractivity contribution in [3.05, 3.63) is 0 Å². The van der Waals surface area contributed by atoms with Crippen molar-refractivity contribution in [2.45, 2.75) is 70.8 Å². The second-order valence-electron chi connectivity index (χ2n) is 6.64. The largest absolute Gasteiger partial charge is 0.388 e. The summed E-state index contributed by atoms with van der Waals surface area (Å²) in [6.45, 7) is 4.43. The van der Waals surface area contributed by atoms with E-state index in [0.717, 1.165) is 38.5 Å². The molecule has 2 rings (SSSR count). The van der Waals surface area contributed by atoms with Crippen LogP contribution >= 0.6 is 0 Å². The molecule has 0 spiro atoms. The van der Waals surface area contributed by atoms with Gasteiger partial charge in [-0.25, -0.2) is 0 Å². The van der Waals surface area contributed by atoms with Gasteiger partial charge in [-0.2, -0.15) is 5.26 Å². The summed E-state index contributed by atoms with van der Waals surface area (Å²) in [7, 11) is 0. The standard InChI is InChI=1S/C15H25NO/c1-12-8-13(2)10-15(17,9-12)14(11-16)6-4-3-5-7-14/h12-13,17H,3-10H2,1-2H3. The van der Waals surface area contributed by atoms with Crippen molar-refractivity contribution in [2.24, 2.45) is 17.3 Å². The van der Waals surface area contributed by atoms with E-state index < -0.39 is 11.0 Å². The van der Waals surface area contributed by atoms with Crippen molar-refractivity contribution in [2.75, 3.05) is 0 Å². The van der Waals surface area contributed by atoms with Crippen molar-refractivity contribution in [1.29, 1.82) is 5.26 Å². The maximum absolute atomic E-state index is 11.1. The maximum Gasteiger partial charge on any atom is 0.0860 e. The average Bonchev–Trinajstić information content (AvgIpc) is 2.28. The normalized spacial score (nSPS) is 41.8. The number of aliphatic hydroxyl groups is 1. The Hall–Kier alpha value is -0.550. The first-order chi connectivity index (χ1) is 8.01. The van der Waals surface area contributed by atoms with Crippen LogP contribution in [0.1, 0.15) is 65.2 Å². The first-order valence-corrected chi connectivity index (χ1v) is 7.15. The molecule has 2 nitrogen and oxygen atoms in total. The van der Waals surface area contributed by atoms with Gasteiger partial charge in [-0.15, -0.1) is 0 Å². The topological polar surface area (TPSA) is 44.0 Å². The van der Waals surface area contributed by atoms with Gasteiger partial charge >= 0.3 is 0 Å². The van der Waals surface area contributed by atoms with Crippen LogP contribution in [-0.2, 0) is 0 Å². The van der Waals surface area contributed by atoms with E-state index in [1.807, 2.05) is 0 Å². The van der Waals surface area contributed by atoms with Crippen LogP contribution in [0, 0.1) is 28.6 Å². The van der Waals surface area contributed by atoms with Crippen molar-refractivity contribution in [1.82, 2.24) is 0 Å². The number of rotatable bonds is 1. The fourth-order valence-corrected chi connectivity index (χ4v) is 4.32. The molecule has 0 amide bonds. The van der Waals surface area contributed by atoms with Crippen molar-refractivity contribution in [3.8, 4) is 6.07 Å². The van der Waals surface area contributed by atoms with E-state index in [0.29, 0.717) is 11.8 Å². The Morgan fingerprint density at radius 2 is 1.59 bits per heavy atom. The molecule has 0 radical (unpaired) electrons. The highest BCUT2D eigenvalue weighted by molar-refractivity contribution is 5.14. The lowest BCUT2D eigenvalue weighted by Gasteiger charge is -2.50. The summed E-state index contributed by atoms with van der Waals surface area (Å²) in [4.78, 5) is 0. The Morgan fingerprint density at radius 1 is 1.06 bits per heavy atom. The summed E-state index contributed by atoms with van der Waals surface area (Å²) in [6, 6.07) is 2.52. The number of nitriles is 1. The minimum Gasteiger partial charge on any atom is -0.388 e. The summed E-state index contributed by atoms with van der Waals surface area (Å²) in [6.07, 6.45) is 8.10. The van der Waals surface area contributed by atoms with Gasteiger partial charge in [0.1, 0.15) is 0 Å². The van der Waals surface area contributed by atoms with E-state index in [-0.39, 0.29) is 0 Å². The molecule has 0 bridgehead atoms. The first kappa shape index (κ1) is 12.9. The lowest BCUT2D eigenvalue weighted by molar-refractivity contribution is -0.120. The predicted octanol–water partition coefficient (Wildman–Crippen LogP) is 3.65. The molecule has 0 saturated heterocycles. The molecule has 2 aliphatic rings. The van der Waals surface area contributed by atoms with Crippen LogP contribution in [0.4, 0.5) is 0 Å². The molecular weight excluding hydrogens is 210 g/mol. The first-order valence-electron chi connectivity index (χ1n) is 7.15. The van der Waals surface area contributed by atoms with Crippen LogP contribution in [0.25, 0.3) is 0 Å². The summed E-state index contributed by atoms with van der Waals surface area (Å²) in [5.41, 5.74) is -1.17. The highest BCUT2D eigenvalue weighted by Gasteiger charge is 2.53. The molecule has 17 heavy (non-hydrogen) atoms. The second kappa shape index (κ2) is 4.61. The zero-order valence-corrected chi connectivity index (χ0v) is 11.2. The molecule has 96 valence electrons. The van der Waals surface area contributed by atoms with Gasteiger partial charge in [0.2, 0.25) is 0 Å². The average molecular weight is 235 g/mol. The van der Waals surface area contributed by atoms with E-state index >= 15 is 0 Å². The monoisotopic (exact) mass is 235 g/mol. The Labute approximate surface area is 105 Å². The Morgan fingerprint density at radius 3 is 2.06 bits per heavy atom. The zero-order valence-electron chi connectivity index (χ0n) is 11.2. The van der Waals surface area contributed by atoms with Gasteiger partial charge in [0.05, 0.1) is 17.1 Å². The molecule has 2 fully saturated rings. The smallest absolute Gasteiger partial charge is 0.0860 e. The summed E-state index contributed by atoms with van der Waals surface area (Å²) in [5, 5.41) is 20.7. The number of hydrogen-bond donors (Lipinski definition) is 1. The number of nitrogens with zero attached hydrogens (tertiary/aromatic N) is 1. The molecule has 2 unspecified atom stereocenters. The summed E-state index contributed by atoms with van der Waals surface area (Å²) < 4.78 is 0. The molecular formula is C15H25NO. The van der Waals surface area contributed by atoms with Crippen LogP contribution in [-0.4, -0.2) is 10.7 Å². The van der Waals surface area contributed by atoms with E-state index in [4.69, 9.17) is 0 Å².